The van der Waals surface area contributed by atoms with Crippen molar-refractivity contribution >= 4 is 17.5 Å². The first-order valence-electron chi connectivity index (χ1n) is 7.06. The summed E-state index contributed by atoms with van der Waals surface area (Å²) in [5.41, 5.74) is 6.06. The lowest BCUT2D eigenvalue weighted by atomic mass is 9.78. The number of nitrogens with zero attached hydrogens (tertiary/aromatic N) is 1. The van der Waals surface area contributed by atoms with Gasteiger partial charge in [-0.3, -0.25) is 14.5 Å². The van der Waals surface area contributed by atoms with Crippen LogP contribution in [-0.4, -0.2) is 18.4 Å². The molecule has 0 aliphatic carbocycles. The summed E-state index contributed by atoms with van der Waals surface area (Å²) in [6.07, 6.45) is 0.252. The normalized spacial score (nSPS) is 21.7. The largest absolute Gasteiger partial charge is 0.320 e. The highest BCUT2D eigenvalue weighted by Crippen LogP contribution is 2.41. The molecule has 1 aliphatic heterocycles. The quantitative estimate of drug-likeness (QED) is 0.666. The molecule has 2 N–H and O–H groups in total. The average molecular weight is 284 g/mol. The van der Waals surface area contributed by atoms with E-state index in [2.05, 4.69) is 11.8 Å². The van der Waals surface area contributed by atoms with E-state index < -0.39 is 5.41 Å². The first kappa shape index (κ1) is 15.3. The molecule has 1 aromatic carbocycles. The van der Waals surface area contributed by atoms with Crippen LogP contribution in [0.4, 0.5) is 5.69 Å². The van der Waals surface area contributed by atoms with E-state index in [4.69, 9.17) is 5.73 Å². The number of amides is 2. The molecule has 1 atom stereocenters. The van der Waals surface area contributed by atoms with Crippen molar-refractivity contribution in [2.45, 2.75) is 27.2 Å². The minimum atomic E-state index is -0.629. The van der Waals surface area contributed by atoms with E-state index in [1.807, 2.05) is 26.8 Å². The molecular formula is C17H20N2O2. The number of benzene rings is 1. The maximum absolute atomic E-state index is 12.7. The highest BCUT2D eigenvalue weighted by atomic mass is 16.2. The Labute approximate surface area is 125 Å². The molecule has 1 heterocycles. The van der Waals surface area contributed by atoms with Gasteiger partial charge in [0.05, 0.1) is 17.6 Å². The predicted octanol–water partition coefficient (Wildman–Crippen LogP) is 1.92. The Kier molecular flexibility index (Phi) is 4.15. The van der Waals surface area contributed by atoms with E-state index in [0.29, 0.717) is 5.69 Å². The summed E-state index contributed by atoms with van der Waals surface area (Å²) < 4.78 is 0. The third-order valence-electron chi connectivity index (χ3n) is 4.17. The highest BCUT2D eigenvalue weighted by Gasteiger charge is 2.50. The molecule has 4 heteroatoms. The van der Waals surface area contributed by atoms with E-state index in [-0.39, 0.29) is 30.7 Å². The molecule has 1 saturated heterocycles. The van der Waals surface area contributed by atoms with Gasteiger partial charge < -0.3 is 5.73 Å². The summed E-state index contributed by atoms with van der Waals surface area (Å²) in [7, 11) is 0. The van der Waals surface area contributed by atoms with Crippen LogP contribution in [0.15, 0.2) is 24.3 Å². The molecule has 0 saturated carbocycles. The lowest BCUT2D eigenvalue weighted by Gasteiger charge is -2.26. The standard InChI is InChI=1S/C17H20N2O2/c1-12(2)17(3)11-15(20)19(16(17)21)14-8-4-6-13(10-14)7-5-9-18/h4,6,8,10,12H,9,11,18H2,1-3H3. The van der Waals surface area contributed by atoms with Crippen molar-refractivity contribution in [1.29, 1.82) is 0 Å². The van der Waals surface area contributed by atoms with Gasteiger partial charge in [-0.25, -0.2) is 0 Å². The van der Waals surface area contributed by atoms with Crippen LogP contribution in [0, 0.1) is 23.2 Å². The summed E-state index contributed by atoms with van der Waals surface area (Å²) in [4.78, 5) is 26.2. The van der Waals surface area contributed by atoms with Crippen LogP contribution >= 0.6 is 0 Å². The maximum atomic E-state index is 12.7. The highest BCUT2D eigenvalue weighted by molar-refractivity contribution is 6.22. The van der Waals surface area contributed by atoms with Crippen molar-refractivity contribution in [3.63, 3.8) is 0 Å². The third kappa shape index (κ3) is 2.70. The van der Waals surface area contributed by atoms with E-state index in [1.165, 1.54) is 4.90 Å². The zero-order valence-corrected chi connectivity index (χ0v) is 12.6. The fourth-order valence-electron chi connectivity index (χ4n) is 2.43. The molecule has 1 fully saturated rings. The third-order valence-corrected chi connectivity index (χ3v) is 4.17. The molecule has 2 rings (SSSR count). The SMILES string of the molecule is CC(C)C1(C)CC(=O)N(c2cccc(C#CCN)c2)C1=O. The molecule has 0 aromatic heterocycles. The fourth-order valence-corrected chi connectivity index (χ4v) is 2.43. The lowest BCUT2D eigenvalue weighted by Crippen LogP contribution is -2.36. The van der Waals surface area contributed by atoms with Gasteiger partial charge in [0.2, 0.25) is 11.8 Å². The van der Waals surface area contributed by atoms with Crippen molar-refractivity contribution < 1.29 is 9.59 Å². The van der Waals surface area contributed by atoms with Crippen LogP contribution in [0.1, 0.15) is 32.8 Å². The second-order valence-electron chi connectivity index (χ2n) is 5.84. The molecule has 2 amide bonds. The number of hydrogen-bond donors (Lipinski definition) is 1. The van der Waals surface area contributed by atoms with Crippen LogP contribution in [0.3, 0.4) is 0 Å². The van der Waals surface area contributed by atoms with Gasteiger partial charge in [0.15, 0.2) is 0 Å². The minimum Gasteiger partial charge on any atom is -0.320 e. The molecule has 0 radical (unpaired) electrons. The molecule has 110 valence electrons. The van der Waals surface area contributed by atoms with Crippen molar-refractivity contribution in [3.8, 4) is 11.8 Å². The Balaban J connectivity index is 2.39. The van der Waals surface area contributed by atoms with Gasteiger partial charge in [-0.1, -0.05) is 31.8 Å². The average Bonchev–Trinajstić information content (AvgIpc) is 2.68. The molecule has 21 heavy (non-hydrogen) atoms. The van der Waals surface area contributed by atoms with E-state index >= 15 is 0 Å². The number of rotatable bonds is 2. The Hall–Kier alpha value is -2.12. The molecule has 1 unspecified atom stereocenters. The number of nitrogens with two attached hydrogens (primary N) is 1. The van der Waals surface area contributed by atoms with Crippen molar-refractivity contribution in [2.24, 2.45) is 17.1 Å². The summed E-state index contributed by atoms with van der Waals surface area (Å²) in [6, 6.07) is 7.14. The van der Waals surface area contributed by atoms with Gasteiger partial charge in [0.1, 0.15) is 0 Å². The summed E-state index contributed by atoms with van der Waals surface area (Å²) in [5.74, 6) is 5.51. The van der Waals surface area contributed by atoms with Gasteiger partial charge in [-0.05, 0) is 31.0 Å². The van der Waals surface area contributed by atoms with Crippen LogP contribution in [0.2, 0.25) is 0 Å². The monoisotopic (exact) mass is 284 g/mol. The van der Waals surface area contributed by atoms with E-state index in [1.54, 1.807) is 18.2 Å². The molecule has 1 aliphatic rings. The van der Waals surface area contributed by atoms with Gasteiger partial charge in [0.25, 0.3) is 0 Å². The Morgan fingerprint density at radius 1 is 1.38 bits per heavy atom. The number of carbonyl (C=O) groups is 2. The number of hydrogen-bond acceptors (Lipinski definition) is 3. The zero-order chi connectivity index (χ0) is 15.6. The zero-order valence-electron chi connectivity index (χ0n) is 12.6. The number of carbonyl (C=O) groups excluding carboxylic acids is 2. The van der Waals surface area contributed by atoms with Crippen molar-refractivity contribution in [3.05, 3.63) is 29.8 Å². The summed E-state index contributed by atoms with van der Waals surface area (Å²) in [5, 5.41) is 0. The molecular weight excluding hydrogens is 264 g/mol. The molecule has 1 aromatic rings. The molecule has 0 bridgehead atoms. The minimum absolute atomic E-state index is 0.110. The van der Waals surface area contributed by atoms with Gasteiger partial charge in [-0.2, -0.15) is 0 Å². The number of imide groups is 1. The van der Waals surface area contributed by atoms with Crippen molar-refractivity contribution in [2.75, 3.05) is 11.4 Å². The van der Waals surface area contributed by atoms with E-state index in [9.17, 15) is 9.59 Å². The van der Waals surface area contributed by atoms with Crippen LogP contribution in [0.5, 0.6) is 0 Å². The maximum Gasteiger partial charge on any atom is 0.240 e. The fraction of sp³-hybridized carbons (Fsp3) is 0.412. The predicted molar refractivity (Wildman–Crippen MR) is 82.4 cm³/mol. The van der Waals surface area contributed by atoms with E-state index in [0.717, 1.165) is 5.56 Å². The van der Waals surface area contributed by atoms with Gasteiger partial charge >= 0.3 is 0 Å². The first-order chi connectivity index (χ1) is 9.90. The van der Waals surface area contributed by atoms with Crippen LogP contribution in [-0.2, 0) is 9.59 Å². The Morgan fingerprint density at radius 2 is 2.10 bits per heavy atom. The van der Waals surface area contributed by atoms with Crippen molar-refractivity contribution in [1.82, 2.24) is 0 Å². The lowest BCUT2D eigenvalue weighted by molar-refractivity contribution is -0.126. The van der Waals surface area contributed by atoms with Gasteiger partial charge in [-0.15, -0.1) is 0 Å². The number of anilines is 1. The van der Waals surface area contributed by atoms with Crippen LogP contribution in [0.25, 0.3) is 0 Å². The summed E-state index contributed by atoms with van der Waals surface area (Å²) in [6.45, 7) is 6.07. The summed E-state index contributed by atoms with van der Waals surface area (Å²) >= 11 is 0. The smallest absolute Gasteiger partial charge is 0.240 e. The molecule has 0 spiro atoms. The topological polar surface area (TPSA) is 63.4 Å². The second kappa shape index (κ2) is 5.71. The molecule has 4 nitrogen and oxygen atoms in total. The Bertz CT molecular complexity index is 640. The first-order valence-corrected chi connectivity index (χ1v) is 7.06. The van der Waals surface area contributed by atoms with Gasteiger partial charge in [0, 0.05) is 12.0 Å². The Morgan fingerprint density at radius 3 is 2.67 bits per heavy atom. The second-order valence-corrected chi connectivity index (χ2v) is 5.84. The van der Waals surface area contributed by atoms with Crippen LogP contribution < -0.4 is 10.6 Å².